The minimum absolute atomic E-state index is 0. The van der Waals surface area contributed by atoms with Crippen LogP contribution < -0.4 is 20.3 Å². The molecule has 0 radical (unpaired) electrons. The molecule has 9 heteroatoms. The molecule has 4 N–H and O–H groups in total. The number of hydrogen-bond acceptors (Lipinski definition) is 4. The van der Waals surface area contributed by atoms with E-state index in [4.69, 9.17) is 5.14 Å². The lowest BCUT2D eigenvalue weighted by atomic mass is 10.0. The van der Waals surface area contributed by atoms with E-state index in [0.29, 0.717) is 6.54 Å². The normalized spacial score (nSPS) is 18.6. The molecule has 1 aromatic carbocycles. The molecule has 2 aromatic rings. The Morgan fingerprint density at radius 1 is 1.24 bits per heavy atom. The summed E-state index contributed by atoms with van der Waals surface area (Å²) in [7, 11) is -3.64. The lowest BCUT2D eigenvalue weighted by Crippen LogP contribution is -2.35. The van der Waals surface area contributed by atoms with E-state index in [0.717, 1.165) is 48.9 Å². The van der Waals surface area contributed by atoms with Gasteiger partial charge < -0.3 is 9.88 Å². The van der Waals surface area contributed by atoms with E-state index in [1.54, 1.807) is 6.07 Å². The van der Waals surface area contributed by atoms with Crippen LogP contribution in [0.5, 0.6) is 0 Å². The van der Waals surface area contributed by atoms with Crippen LogP contribution in [-0.4, -0.2) is 33.0 Å². The molecular formula is C16H23ClN4O3S. The van der Waals surface area contributed by atoms with E-state index in [1.165, 1.54) is 0 Å². The molecule has 2 heterocycles. The third-order valence-corrected chi connectivity index (χ3v) is 5.06. The smallest absolute Gasteiger partial charge is 0.274 e. The zero-order chi connectivity index (χ0) is 17.2. The quantitative estimate of drug-likeness (QED) is 0.736. The van der Waals surface area contributed by atoms with Gasteiger partial charge in [-0.05, 0) is 31.2 Å². The lowest BCUT2D eigenvalue weighted by molar-refractivity contribution is 0.463. The third kappa shape index (κ3) is 5.18. The highest BCUT2D eigenvalue weighted by molar-refractivity contribution is 7.87. The summed E-state index contributed by atoms with van der Waals surface area (Å²) in [5.74, 6) is 0.251. The molecule has 1 aliphatic heterocycles. The number of H-pyrrole nitrogens is 1. The van der Waals surface area contributed by atoms with Crippen LogP contribution in [0.25, 0.3) is 10.9 Å². The number of aromatic nitrogens is 1. The number of rotatable bonds is 4. The first kappa shape index (κ1) is 19.7. The standard InChI is InChI=1S/C16H22N4O3S.ClH/c17-24(22,23)18-11-12-4-3-8-20(9-7-12)15-10-16(21)19-14-6-2-1-5-13(14)15;/h1-2,5-6,10,12,18H,3-4,7-9,11H2,(H,19,21)(H2,17,22,23);1H. The zero-order valence-electron chi connectivity index (χ0n) is 13.8. The van der Waals surface area contributed by atoms with Crippen LogP contribution in [0.3, 0.4) is 0 Å². The Bertz CT molecular complexity index is 884. The first-order valence-corrected chi connectivity index (χ1v) is 9.61. The van der Waals surface area contributed by atoms with Crippen LogP contribution in [0.1, 0.15) is 19.3 Å². The maximum Gasteiger partial charge on any atom is 0.274 e. The molecule has 1 fully saturated rings. The highest BCUT2D eigenvalue weighted by Crippen LogP contribution is 2.27. The molecule has 7 nitrogen and oxygen atoms in total. The van der Waals surface area contributed by atoms with Gasteiger partial charge in [-0.15, -0.1) is 12.4 Å². The number of nitrogens with zero attached hydrogens (tertiary/aromatic N) is 1. The Morgan fingerprint density at radius 3 is 2.76 bits per heavy atom. The second-order valence-electron chi connectivity index (χ2n) is 6.24. The molecule has 1 aromatic heterocycles. The molecule has 0 saturated carbocycles. The minimum Gasteiger partial charge on any atom is -0.371 e. The summed E-state index contributed by atoms with van der Waals surface area (Å²) in [5.41, 5.74) is 1.66. The number of nitrogens with one attached hydrogen (secondary N) is 2. The van der Waals surface area contributed by atoms with Crippen LogP contribution in [0.4, 0.5) is 5.69 Å². The fraction of sp³-hybridized carbons (Fsp3) is 0.438. The monoisotopic (exact) mass is 386 g/mol. The van der Waals surface area contributed by atoms with Gasteiger partial charge in [0.05, 0.1) is 11.2 Å². The van der Waals surface area contributed by atoms with Gasteiger partial charge in [0.1, 0.15) is 0 Å². The van der Waals surface area contributed by atoms with Crippen LogP contribution >= 0.6 is 12.4 Å². The molecule has 0 spiro atoms. The van der Waals surface area contributed by atoms with Crippen molar-refractivity contribution in [3.05, 3.63) is 40.7 Å². The molecule has 0 amide bonds. The molecule has 1 atom stereocenters. The summed E-state index contributed by atoms with van der Waals surface area (Å²) >= 11 is 0. The maximum absolute atomic E-state index is 11.9. The number of hydrogen-bond donors (Lipinski definition) is 3. The number of benzene rings is 1. The van der Waals surface area contributed by atoms with Gasteiger partial charge in [-0.2, -0.15) is 8.42 Å². The second-order valence-corrected chi connectivity index (χ2v) is 7.62. The van der Waals surface area contributed by atoms with Gasteiger partial charge in [0, 0.05) is 31.1 Å². The van der Waals surface area contributed by atoms with Crippen LogP contribution in [0, 0.1) is 5.92 Å². The Balaban J connectivity index is 0.00000225. The van der Waals surface area contributed by atoms with Gasteiger partial charge >= 0.3 is 0 Å². The molecular weight excluding hydrogens is 364 g/mol. The summed E-state index contributed by atoms with van der Waals surface area (Å²) in [6.07, 6.45) is 2.72. The van der Waals surface area contributed by atoms with E-state index in [1.807, 2.05) is 24.3 Å². The van der Waals surface area contributed by atoms with Crippen molar-refractivity contribution in [2.75, 3.05) is 24.5 Å². The molecule has 1 unspecified atom stereocenters. The Hall–Kier alpha value is -1.61. The van der Waals surface area contributed by atoms with Crippen molar-refractivity contribution in [1.82, 2.24) is 9.71 Å². The largest absolute Gasteiger partial charge is 0.371 e. The Labute approximate surface area is 153 Å². The SMILES string of the molecule is Cl.NS(=O)(=O)NCC1CCCN(c2cc(=O)[nH]c3ccccc23)CC1. The summed E-state index contributed by atoms with van der Waals surface area (Å²) in [5, 5.41) is 6.03. The minimum atomic E-state index is -3.64. The topological polar surface area (TPSA) is 108 Å². The van der Waals surface area contributed by atoms with Gasteiger partial charge in [-0.1, -0.05) is 18.2 Å². The zero-order valence-corrected chi connectivity index (χ0v) is 15.4. The lowest BCUT2D eigenvalue weighted by Gasteiger charge is -2.24. The second kappa shape index (κ2) is 8.18. The van der Waals surface area contributed by atoms with Crippen LogP contribution in [-0.2, 0) is 10.2 Å². The van der Waals surface area contributed by atoms with Crippen molar-refractivity contribution >= 4 is 39.2 Å². The van der Waals surface area contributed by atoms with Gasteiger partial charge in [-0.3, -0.25) is 4.79 Å². The Kier molecular flexibility index (Phi) is 6.45. The molecule has 25 heavy (non-hydrogen) atoms. The first-order valence-electron chi connectivity index (χ1n) is 8.07. The van der Waals surface area contributed by atoms with Gasteiger partial charge in [-0.25, -0.2) is 9.86 Å². The van der Waals surface area contributed by atoms with Gasteiger partial charge in [0.2, 0.25) is 5.56 Å². The van der Waals surface area contributed by atoms with E-state index in [-0.39, 0.29) is 23.9 Å². The van der Waals surface area contributed by atoms with Crippen molar-refractivity contribution in [2.24, 2.45) is 11.1 Å². The molecule has 0 bridgehead atoms. The summed E-state index contributed by atoms with van der Waals surface area (Å²) in [4.78, 5) is 17.0. The first-order chi connectivity index (χ1) is 11.4. The fourth-order valence-corrected chi connectivity index (χ4v) is 3.76. The number of halogens is 1. The number of para-hydroxylation sites is 1. The van der Waals surface area contributed by atoms with Crippen molar-refractivity contribution in [3.63, 3.8) is 0 Å². The third-order valence-electron chi connectivity index (χ3n) is 4.49. The van der Waals surface area contributed by atoms with Crippen molar-refractivity contribution in [3.8, 4) is 0 Å². The van der Waals surface area contributed by atoms with Crippen molar-refractivity contribution < 1.29 is 8.42 Å². The van der Waals surface area contributed by atoms with Gasteiger partial charge in [0.15, 0.2) is 0 Å². The number of fused-ring (bicyclic) bond motifs is 1. The summed E-state index contributed by atoms with van der Waals surface area (Å²) < 4.78 is 24.5. The molecule has 0 aliphatic carbocycles. The van der Waals surface area contributed by atoms with Crippen LogP contribution in [0.2, 0.25) is 0 Å². The van der Waals surface area contributed by atoms with Gasteiger partial charge in [0.25, 0.3) is 10.2 Å². The maximum atomic E-state index is 11.9. The van der Waals surface area contributed by atoms with Crippen LogP contribution in [0.15, 0.2) is 35.1 Å². The fourth-order valence-electron chi connectivity index (χ4n) is 3.29. The van der Waals surface area contributed by atoms with E-state index < -0.39 is 10.2 Å². The highest BCUT2D eigenvalue weighted by Gasteiger charge is 2.20. The highest BCUT2D eigenvalue weighted by atomic mass is 35.5. The van der Waals surface area contributed by atoms with Crippen molar-refractivity contribution in [1.29, 1.82) is 0 Å². The summed E-state index contributed by atoms with van der Waals surface area (Å²) in [6.45, 7) is 1.99. The predicted molar refractivity (Wildman–Crippen MR) is 102 cm³/mol. The average Bonchev–Trinajstić information content (AvgIpc) is 2.77. The van der Waals surface area contributed by atoms with E-state index >= 15 is 0 Å². The predicted octanol–water partition coefficient (Wildman–Crippen LogP) is 1.35. The molecule has 138 valence electrons. The van der Waals surface area contributed by atoms with E-state index in [2.05, 4.69) is 14.6 Å². The number of nitrogens with two attached hydrogens (primary N) is 1. The molecule has 1 aliphatic rings. The van der Waals surface area contributed by atoms with E-state index in [9.17, 15) is 13.2 Å². The molecule has 1 saturated heterocycles. The average molecular weight is 387 g/mol. The number of anilines is 1. The number of pyridine rings is 1. The summed E-state index contributed by atoms with van der Waals surface area (Å²) in [6, 6.07) is 9.41. The van der Waals surface area contributed by atoms with Crippen molar-refractivity contribution in [2.45, 2.75) is 19.3 Å². The number of aromatic amines is 1. The Morgan fingerprint density at radius 2 is 2.00 bits per heavy atom. The molecule has 3 rings (SSSR count).